The van der Waals surface area contributed by atoms with Gasteiger partial charge < -0.3 is 10.0 Å². The number of hydrogen-bond donors (Lipinski definition) is 1. The number of para-hydroxylation sites is 1. The maximum absolute atomic E-state index is 13.2. The van der Waals surface area contributed by atoms with E-state index in [0.717, 1.165) is 12.8 Å². The lowest BCUT2D eigenvalue weighted by molar-refractivity contribution is 0.270. The molecule has 10 nitrogen and oxygen atoms in total. The third kappa shape index (κ3) is 2.94. The number of rotatable bonds is 4. The Hall–Kier alpha value is -3.53. The van der Waals surface area contributed by atoms with Crippen LogP contribution in [0, 0.1) is 0 Å². The van der Waals surface area contributed by atoms with Gasteiger partial charge in [-0.1, -0.05) is 12.1 Å². The number of aliphatic hydroxyl groups excluding tert-OH is 1. The highest BCUT2D eigenvalue weighted by atomic mass is 16.3. The van der Waals surface area contributed by atoms with Crippen LogP contribution in [0.4, 0.5) is 5.95 Å². The highest BCUT2D eigenvalue weighted by Crippen LogP contribution is 2.34. The van der Waals surface area contributed by atoms with Gasteiger partial charge in [-0.3, -0.25) is 23.4 Å². The number of aromatic nitrogens is 6. The van der Waals surface area contributed by atoms with E-state index in [1.807, 2.05) is 17.0 Å². The SMILES string of the molecule is Cn1c(N2CCCC2c2nc3ccccc3c(=O)n2CCO)nc2c(cnn2C)c1=O. The average Bonchev–Trinajstić information content (AvgIpc) is 3.40. The molecular formula is C21H23N7O3. The van der Waals surface area contributed by atoms with Crippen molar-refractivity contribution in [3.63, 3.8) is 0 Å². The lowest BCUT2D eigenvalue weighted by atomic mass is 10.1. The molecule has 0 saturated carbocycles. The first-order valence-electron chi connectivity index (χ1n) is 10.3. The zero-order valence-corrected chi connectivity index (χ0v) is 17.4. The topological polar surface area (TPSA) is 111 Å². The van der Waals surface area contributed by atoms with Gasteiger partial charge in [0.1, 0.15) is 11.2 Å². The smallest absolute Gasteiger partial charge is 0.265 e. The van der Waals surface area contributed by atoms with Crippen LogP contribution in [0.25, 0.3) is 21.9 Å². The van der Waals surface area contributed by atoms with Crippen molar-refractivity contribution in [3.05, 3.63) is 57.0 Å². The minimum Gasteiger partial charge on any atom is -0.395 e. The number of hydrogen-bond acceptors (Lipinski definition) is 7. The summed E-state index contributed by atoms with van der Waals surface area (Å²) < 4.78 is 4.66. The maximum Gasteiger partial charge on any atom is 0.265 e. The molecule has 10 heteroatoms. The van der Waals surface area contributed by atoms with Crippen LogP contribution in [-0.2, 0) is 20.6 Å². The van der Waals surface area contributed by atoms with E-state index in [2.05, 4.69) is 5.10 Å². The van der Waals surface area contributed by atoms with E-state index in [-0.39, 0.29) is 30.3 Å². The second-order valence-corrected chi connectivity index (χ2v) is 7.80. The van der Waals surface area contributed by atoms with Crippen molar-refractivity contribution in [2.24, 2.45) is 14.1 Å². The van der Waals surface area contributed by atoms with Crippen molar-refractivity contribution >= 4 is 27.9 Å². The average molecular weight is 421 g/mol. The molecular weight excluding hydrogens is 398 g/mol. The number of benzene rings is 1. The third-order valence-corrected chi connectivity index (χ3v) is 5.97. The highest BCUT2D eigenvalue weighted by Gasteiger charge is 2.33. The molecule has 3 aromatic heterocycles. The lowest BCUT2D eigenvalue weighted by Gasteiger charge is -2.28. The van der Waals surface area contributed by atoms with Gasteiger partial charge in [-0.2, -0.15) is 10.1 Å². The van der Waals surface area contributed by atoms with Crippen molar-refractivity contribution in [2.45, 2.75) is 25.4 Å². The van der Waals surface area contributed by atoms with E-state index in [4.69, 9.17) is 9.97 Å². The fraction of sp³-hybridized carbons (Fsp3) is 0.381. The molecule has 1 aromatic carbocycles. The quantitative estimate of drug-likeness (QED) is 0.517. The molecule has 4 heterocycles. The van der Waals surface area contributed by atoms with Crippen LogP contribution < -0.4 is 16.0 Å². The molecule has 0 bridgehead atoms. The van der Waals surface area contributed by atoms with Gasteiger partial charge in [0.2, 0.25) is 5.95 Å². The van der Waals surface area contributed by atoms with E-state index >= 15 is 0 Å². The second kappa shape index (κ2) is 7.31. The first kappa shape index (κ1) is 19.4. The molecule has 1 atom stereocenters. The Morgan fingerprint density at radius 3 is 2.71 bits per heavy atom. The summed E-state index contributed by atoms with van der Waals surface area (Å²) in [6.45, 7) is 0.664. The summed E-state index contributed by atoms with van der Waals surface area (Å²) in [5, 5.41) is 14.8. The van der Waals surface area contributed by atoms with Gasteiger partial charge in [0.25, 0.3) is 11.1 Å². The fourth-order valence-electron chi connectivity index (χ4n) is 4.44. The Bertz CT molecular complexity index is 1420. The molecule has 4 aromatic rings. The molecule has 1 aliphatic rings. The molecule has 0 amide bonds. The van der Waals surface area contributed by atoms with Crippen LogP contribution in [0.2, 0.25) is 0 Å². The van der Waals surface area contributed by atoms with Crippen molar-refractivity contribution in [1.29, 1.82) is 0 Å². The van der Waals surface area contributed by atoms with Crippen LogP contribution in [0.1, 0.15) is 24.7 Å². The number of aliphatic hydroxyl groups is 1. The lowest BCUT2D eigenvalue weighted by Crippen LogP contribution is -2.36. The number of aryl methyl sites for hydroxylation is 1. The van der Waals surface area contributed by atoms with Gasteiger partial charge in [-0.05, 0) is 25.0 Å². The predicted octanol–water partition coefficient (Wildman–Crippen LogP) is 0.711. The monoisotopic (exact) mass is 421 g/mol. The largest absolute Gasteiger partial charge is 0.395 e. The standard InChI is InChI=1S/C21H23N7O3/c1-25-19(30)14-12-22-26(2)17(14)24-21(25)27-9-5-8-16(27)18-23-15-7-4-3-6-13(15)20(31)28(18)10-11-29/h3-4,6-7,12,16,29H,5,8-11H2,1-2H3. The van der Waals surface area contributed by atoms with Gasteiger partial charge in [0.05, 0.1) is 36.3 Å². The second-order valence-electron chi connectivity index (χ2n) is 7.80. The van der Waals surface area contributed by atoms with E-state index in [9.17, 15) is 14.7 Å². The molecule has 160 valence electrons. The van der Waals surface area contributed by atoms with E-state index in [1.54, 1.807) is 35.5 Å². The Kier molecular flexibility index (Phi) is 4.58. The van der Waals surface area contributed by atoms with E-state index in [0.29, 0.717) is 40.3 Å². The highest BCUT2D eigenvalue weighted by molar-refractivity contribution is 5.77. The van der Waals surface area contributed by atoms with E-state index < -0.39 is 0 Å². The molecule has 5 rings (SSSR count). The number of nitrogens with zero attached hydrogens (tertiary/aromatic N) is 7. The molecule has 1 N–H and O–H groups in total. The third-order valence-electron chi connectivity index (χ3n) is 5.97. The molecule has 0 spiro atoms. The number of anilines is 1. The molecule has 1 fully saturated rings. The summed E-state index contributed by atoms with van der Waals surface area (Å²) in [7, 11) is 3.45. The Morgan fingerprint density at radius 2 is 1.90 bits per heavy atom. The van der Waals surface area contributed by atoms with Gasteiger partial charge in [-0.25, -0.2) is 4.98 Å². The van der Waals surface area contributed by atoms with Crippen LogP contribution in [-0.4, -0.2) is 47.1 Å². The summed E-state index contributed by atoms with van der Waals surface area (Å²) in [6, 6.07) is 6.98. The van der Waals surface area contributed by atoms with Crippen LogP contribution >= 0.6 is 0 Å². The molecule has 1 unspecified atom stereocenters. The van der Waals surface area contributed by atoms with Crippen LogP contribution in [0.3, 0.4) is 0 Å². The fourth-order valence-corrected chi connectivity index (χ4v) is 4.44. The minimum atomic E-state index is -0.243. The summed E-state index contributed by atoms with van der Waals surface area (Å²) in [6.07, 6.45) is 3.15. The summed E-state index contributed by atoms with van der Waals surface area (Å²) in [5.41, 5.74) is 0.791. The molecule has 1 saturated heterocycles. The molecule has 1 aliphatic heterocycles. The van der Waals surface area contributed by atoms with Crippen molar-refractivity contribution < 1.29 is 5.11 Å². The summed E-state index contributed by atoms with van der Waals surface area (Å²) in [4.78, 5) is 37.6. The predicted molar refractivity (Wildman–Crippen MR) is 116 cm³/mol. The molecule has 0 radical (unpaired) electrons. The Balaban J connectivity index is 1.71. The van der Waals surface area contributed by atoms with Crippen LogP contribution in [0.5, 0.6) is 0 Å². The zero-order chi connectivity index (χ0) is 21.7. The normalized spacial score (nSPS) is 16.6. The van der Waals surface area contributed by atoms with Gasteiger partial charge in [-0.15, -0.1) is 0 Å². The molecule has 31 heavy (non-hydrogen) atoms. The summed E-state index contributed by atoms with van der Waals surface area (Å²) in [5.74, 6) is 1.09. The first-order valence-corrected chi connectivity index (χ1v) is 10.3. The summed E-state index contributed by atoms with van der Waals surface area (Å²) >= 11 is 0. The Labute approximate surface area is 177 Å². The van der Waals surface area contributed by atoms with Gasteiger partial charge in [0.15, 0.2) is 5.65 Å². The van der Waals surface area contributed by atoms with Gasteiger partial charge in [0, 0.05) is 20.6 Å². The number of fused-ring (bicyclic) bond motifs is 2. The first-order chi connectivity index (χ1) is 15.0. The van der Waals surface area contributed by atoms with Gasteiger partial charge >= 0.3 is 0 Å². The van der Waals surface area contributed by atoms with Crippen molar-refractivity contribution in [2.75, 3.05) is 18.1 Å². The van der Waals surface area contributed by atoms with Crippen molar-refractivity contribution in [1.82, 2.24) is 28.9 Å². The van der Waals surface area contributed by atoms with E-state index in [1.165, 1.54) is 10.8 Å². The Morgan fingerprint density at radius 1 is 1.10 bits per heavy atom. The minimum absolute atomic E-state index is 0.156. The maximum atomic E-state index is 13.2. The molecule has 0 aliphatic carbocycles. The van der Waals surface area contributed by atoms with Crippen molar-refractivity contribution in [3.8, 4) is 0 Å². The zero-order valence-electron chi connectivity index (χ0n) is 17.4. The van der Waals surface area contributed by atoms with Crippen LogP contribution in [0.15, 0.2) is 40.1 Å².